The normalized spacial score (nSPS) is 15.5. The molecular formula is C21H22N2O3S. The van der Waals surface area contributed by atoms with Gasteiger partial charge in [-0.3, -0.25) is 4.79 Å². The zero-order chi connectivity index (χ0) is 19.2. The molecule has 0 spiro atoms. The van der Waals surface area contributed by atoms with Crippen molar-refractivity contribution in [1.29, 1.82) is 5.26 Å². The topological polar surface area (TPSA) is 79.2 Å². The molecule has 1 aromatic carbocycles. The van der Waals surface area contributed by atoms with Gasteiger partial charge in [0.05, 0.1) is 12.5 Å². The summed E-state index contributed by atoms with van der Waals surface area (Å²) in [5.41, 5.74) is 2.75. The third-order valence-electron chi connectivity index (χ3n) is 4.82. The number of esters is 1. The minimum atomic E-state index is -0.443. The summed E-state index contributed by atoms with van der Waals surface area (Å²) in [5.74, 6) is -0.132. The van der Waals surface area contributed by atoms with E-state index in [0.29, 0.717) is 22.9 Å². The van der Waals surface area contributed by atoms with E-state index >= 15 is 0 Å². The van der Waals surface area contributed by atoms with Gasteiger partial charge in [-0.15, -0.1) is 11.3 Å². The van der Waals surface area contributed by atoms with Gasteiger partial charge in [0.1, 0.15) is 4.88 Å². The van der Waals surface area contributed by atoms with Crippen LogP contribution < -0.4 is 5.32 Å². The van der Waals surface area contributed by atoms with Crippen LogP contribution in [0.25, 0.3) is 0 Å². The van der Waals surface area contributed by atoms with Crippen molar-refractivity contribution in [2.24, 2.45) is 5.92 Å². The Morgan fingerprint density at radius 1 is 1.33 bits per heavy atom. The second kappa shape index (κ2) is 8.83. The number of aryl methyl sites for hydroxylation is 1. The molecule has 0 saturated heterocycles. The van der Waals surface area contributed by atoms with Gasteiger partial charge >= 0.3 is 5.97 Å². The van der Waals surface area contributed by atoms with Crippen LogP contribution in [0.3, 0.4) is 0 Å². The van der Waals surface area contributed by atoms with Crippen LogP contribution in [0, 0.1) is 17.2 Å². The lowest BCUT2D eigenvalue weighted by atomic mass is 9.87. The number of thiophene rings is 1. The van der Waals surface area contributed by atoms with Crippen molar-refractivity contribution in [3.63, 3.8) is 0 Å². The third kappa shape index (κ3) is 4.95. The molecule has 0 fully saturated rings. The summed E-state index contributed by atoms with van der Waals surface area (Å²) in [6, 6.07) is 11.0. The lowest BCUT2D eigenvalue weighted by Gasteiger charge is -2.19. The monoisotopic (exact) mass is 382 g/mol. The number of rotatable bonds is 6. The van der Waals surface area contributed by atoms with E-state index in [1.54, 1.807) is 24.3 Å². The largest absolute Gasteiger partial charge is 0.451 e. The maximum absolute atomic E-state index is 12.3. The molecule has 1 aromatic heterocycles. The van der Waals surface area contributed by atoms with Gasteiger partial charge in [-0.1, -0.05) is 25.5 Å². The van der Waals surface area contributed by atoms with E-state index in [2.05, 4.69) is 18.3 Å². The Bertz CT molecular complexity index is 865. The quantitative estimate of drug-likeness (QED) is 0.762. The number of nitriles is 1. The molecule has 0 saturated carbocycles. The van der Waals surface area contributed by atoms with Crippen LogP contribution in [0.4, 0.5) is 5.69 Å². The van der Waals surface area contributed by atoms with Crippen molar-refractivity contribution in [3.8, 4) is 6.07 Å². The van der Waals surface area contributed by atoms with E-state index in [1.807, 2.05) is 6.07 Å². The van der Waals surface area contributed by atoms with Gasteiger partial charge in [0.2, 0.25) is 0 Å². The Morgan fingerprint density at radius 2 is 2.11 bits per heavy atom. The van der Waals surface area contributed by atoms with Crippen LogP contribution in [0.2, 0.25) is 0 Å². The van der Waals surface area contributed by atoms with E-state index < -0.39 is 5.97 Å². The number of fused-ring (bicyclic) bond motifs is 1. The second-order valence-electron chi connectivity index (χ2n) is 6.73. The lowest BCUT2D eigenvalue weighted by molar-refractivity contribution is -0.119. The fourth-order valence-corrected chi connectivity index (χ4v) is 4.35. The Labute approximate surface area is 163 Å². The predicted octanol–water partition coefficient (Wildman–Crippen LogP) is 4.12. The van der Waals surface area contributed by atoms with Crippen molar-refractivity contribution < 1.29 is 14.3 Å². The summed E-state index contributed by atoms with van der Waals surface area (Å²) >= 11 is 1.49. The summed E-state index contributed by atoms with van der Waals surface area (Å²) in [6.07, 6.45) is 4.71. The molecule has 27 heavy (non-hydrogen) atoms. The predicted molar refractivity (Wildman–Crippen MR) is 105 cm³/mol. The van der Waals surface area contributed by atoms with Crippen LogP contribution in [-0.4, -0.2) is 18.5 Å². The van der Waals surface area contributed by atoms with Crippen molar-refractivity contribution in [2.45, 2.75) is 39.0 Å². The number of nitrogens with one attached hydrogen (secondary N) is 1. The Hall–Kier alpha value is -2.65. The van der Waals surface area contributed by atoms with Crippen LogP contribution in [0.1, 0.15) is 45.4 Å². The molecule has 1 aliphatic rings. The summed E-state index contributed by atoms with van der Waals surface area (Å²) in [6.45, 7) is 1.88. The third-order valence-corrected chi connectivity index (χ3v) is 6.04. The molecule has 3 rings (SSSR count). The molecule has 1 atom stereocenters. The smallest absolute Gasteiger partial charge is 0.348 e. The summed E-state index contributed by atoms with van der Waals surface area (Å²) in [5, 5.41) is 11.3. The van der Waals surface area contributed by atoms with Crippen LogP contribution in [-0.2, 0) is 28.8 Å². The van der Waals surface area contributed by atoms with Gasteiger partial charge in [0.25, 0.3) is 5.91 Å². The van der Waals surface area contributed by atoms with Gasteiger partial charge in [-0.25, -0.2) is 4.79 Å². The highest BCUT2D eigenvalue weighted by Crippen LogP contribution is 2.33. The van der Waals surface area contributed by atoms with Crippen molar-refractivity contribution in [3.05, 3.63) is 51.2 Å². The van der Waals surface area contributed by atoms with E-state index in [-0.39, 0.29) is 12.5 Å². The minimum Gasteiger partial charge on any atom is -0.451 e. The Morgan fingerprint density at radius 3 is 2.81 bits per heavy atom. The number of amides is 1. The van der Waals surface area contributed by atoms with Crippen LogP contribution in [0.5, 0.6) is 0 Å². The van der Waals surface area contributed by atoms with E-state index in [0.717, 1.165) is 24.8 Å². The fraction of sp³-hybridized carbons (Fsp3) is 0.381. The number of nitrogens with zero attached hydrogens (tertiary/aromatic N) is 1. The Balaban J connectivity index is 1.51. The Kier molecular flexibility index (Phi) is 6.25. The average Bonchev–Trinajstić information content (AvgIpc) is 3.11. The highest BCUT2D eigenvalue weighted by molar-refractivity contribution is 7.14. The minimum absolute atomic E-state index is 0.321. The molecule has 0 aliphatic heterocycles. The molecular weight excluding hydrogens is 360 g/mol. The first-order chi connectivity index (χ1) is 13.1. The first-order valence-corrected chi connectivity index (χ1v) is 9.95. The number of carbonyl (C=O) groups is 2. The lowest BCUT2D eigenvalue weighted by Crippen LogP contribution is -2.20. The molecule has 1 amide bonds. The van der Waals surface area contributed by atoms with Gasteiger partial charge in [-0.2, -0.15) is 5.26 Å². The van der Waals surface area contributed by atoms with Gasteiger partial charge in [0.15, 0.2) is 6.61 Å². The second-order valence-corrected chi connectivity index (χ2v) is 7.87. The SMILES string of the molecule is CC[C@@H]1CCc2sc(C(=O)OCC(=O)Nc3ccc(CC#N)cc3)cc2C1. The summed E-state index contributed by atoms with van der Waals surface area (Å²) < 4.78 is 5.17. The number of carbonyl (C=O) groups excluding carboxylic acids is 2. The van der Waals surface area contributed by atoms with E-state index in [9.17, 15) is 9.59 Å². The van der Waals surface area contributed by atoms with Crippen LogP contribution >= 0.6 is 11.3 Å². The molecule has 5 nitrogen and oxygen atoms in total. The summed E-state index contributed by atoms with van der Waals surface area (Å²) in [7, 11) is 0. The average molecular weight is 382 g/mol. The molecule has 1 aliphatic carbocycles. The first kappa shape index (κ1) is 19.1. The molecule has 0 radical (unpaired) electrons. The number of anilines is 1. The molecule has 0 unspecified atom stereocenters. The van der Waals surface area contributed by atoms with Gasteiger partial charge < -0.3 is 10.1 Å². The maximum atomic E-state index is 12.3. The van der Waals surface area contributed by atoms with Crippen molar-refractivity contribution in [1.82, 2.24) is 0 Å². The highest BCUT2D eigenvalue weighted by atomic mass is 32.1. The number of ether oxygens (including phenoxy) is 1. The molecule has 6 heteroatoms. The van der Waals surface area contributed by atoms with Gasteiger partial charge in [0, 0.05) is 10.6 Å². The van der Waals surface area contributed by atoms with E-state index in [4.69, 9.17) is 10.00 Å². The molecule has 1 N–H and O–H groups in total. The van der Waals surface area contributed by atoms with Crippen LogP contribution in [0.15, 0.2) is 30.3 Å². The standard InChI is InChI=1S/C21H22N2O3S/c1-2-14-5-8-18-16(11-14)12-19(27-18)21(25)26-13-20(24)23-17-6-3-15(4-7-17)9-10-22/h3-4,6-7,12,14H,2,5,8-9,11,13H2,1H3,(H,23,24)/t14-/m1/s1. The van der Waals surface area contributed by atoms with Crippen molar-refractivity contribution in [2.75, 3.05) is 11.9 Å². The van der Waals surface area contributed by atoms with E-state index in [1.165, 1.54) is 28.2 Å². The summed E-state index contributed by atoms with van der Waals surface area (Å²) in [4.78, 5) is 26.1. The molecule has 1 heterocycles. The molecule has 2 aromatic rings. The molecule has 140 valence electrons. The number of hydrogen-bond donors (Lipinski definition) is 1. The highest BCUT2D eigenvalue weighted by Gasteiger charge is 2.23. The number of benzene rings is 1. The van der Waals surface area contributed by atoms with Crippen molar-refractivity contribution >= 4 is 28.9 Å². The maximum Gasteiger partial charge on any atom is 0.348 e. The zero-order valence-electron chi connectivity index (χ0n) is 15.3. The molecule has 0 bridgehead atoms. The zero-order valence-corrected chi connectivity index (χ0v) is 16.1. The first-order valence-electron chi connectivity index (χ1n) is 9.13. The fourth-order valence-electron chi connectivity index (χ4n) is 3.24. The number of hydrogen-bond acceptors (Lipinski definition) is 5. The van der Waals surface area contributed by atoms with Gasteiger partial charge in [-0.05, 0) is 54.5 Å².